The van der Waals surface area contributed by atoms with Gasteiger partial charge in [-0.25, -0.2) is 0 Å². The molecule has 1 rings (SSSR count). The van der Waals surface area contributed by atoms with Crippen LogP contribution in [0.1, 0.15) is 19.4 Å². The summed E-state index contributed by atoms with van der Waals surface area (Å²) >= 11 is 12.0. The Labute approximate surface area is 106 Å². The number of hydrogen-bond acceptors (Lipinski definition) is 2. The lowest BCUT2D eigenvalue weighted by atomic mass is 9.97. The lowest BCUT2D eigenvalue weighted by Gasteiger charge is -2.23. The Morgan fingerprint density at radius 3 is 2.69 bits per heavy atom. The van der Waals surface area contributed by atoms with Gasteiger partial charge in [0.1, 0.15) is 0 Å². The summed E-state index contributed by atoms with van der Waals surface area (Å²) in [6, 6.07) is 5.40. The van der Waals surface area contributed by atoms with Gasteiger partial charge in [-0.3, -0.25) is 0 Å². The molecule has 1 aromatic carbocycles. The number of hydrogen-bond donors (Lipinski definition) is 1. The average Bonchev–Trinajstić information content (AvgIpc) is 2.22. The molecule has 0 heterocycles. The zero-order valence-electron chi connectivity index (χ0n) is 9.46. The molecule has 90 valence electrons. The van der Waals surface area contributed by atoms with Crippen LogP contribution in [0.2, 0.25) is 10.0 Å². The van der Waals surface area contributed by atoms with Gasteiger partial charge in [-0.15, -0.1) is 0 Å². The monoisotopic (exact) mass is 262 g/mol. The van der Waals surface area contributed by atoms with E-state index < -0.39 is 5.60 Å². The quantitative estimate of drug-likeness (QED) is 0.883. The first-order valence-electron chi connectivity index (χ1n) is 5.19. The summed E-state index contributed by atoms with van der Waals surface area (Å²) < 4.78 is 5.21. The Hall–Kier alpha value is -0.280. The van der Waals surface area contributed by atoms with Crippen molar-refractivity contribution >= 4 is 23.2 Å². The molecule has 0 aliphatic carbocycles. The van der Waals surface area contributed by atoms with E-state index in [-0.39, 0.29) is 6.61 Å². The van der Waals surface area contributed by atoms with Gasteiger partial charge in [0.25, 0.3) is 0 Å². The minimum Gasteiger partial charge on any atom is -0.387 e. The molecule has 4 heteroatoms. The van der Waals surface area contributed by atoms with E-state index in [1.54, 1.807) is 13.0 Å². The average molecular weight is 263 g/mol. The number of ether oxygens (including phenoxy) is 1. The second-order valence-electron chi connectivity index (χ2n) is 4.02. The van der Waals surface area contributed by atoms with Crippen molar-refractivity contribution in [3.8, 4) is 0 Å². The standard InChI is InChI=1S/C12H16Cl2O2/c1-3-16-8-12(2,15)7-9-5-4-6-10(13)11(9)14/h4-6,15H,3,7-8H2,1-2H3. The van der Waals surface area contributed by atoms with Crippen molar-refractivity contribution in [3.05, 3.63) is 33.8 Å². The van der Waals surface area contributed by atoms with Crippen LogP contribution >= 0.6 is 23.2 Å². The molecule has 2 nitrogen and oxygen atoms in total. The van der Waals surface area contributed by atoms with Crippen molar-refractivity contribution < 1.29 is 9.84 Å². The molecular formula is C12H16Cl2O2. The van der Waals surface area contributed by atoms with Gasteiger partial charge in [-0.05, 0) is 25.5 Å². The van der Waals surface area contributed by atoms with Crippen molar-refractivity contribution in [2.45, 2.75) is 25.9 Å². The van der Waals surface area contributed by atoms with Crippen LogP contribution in [0.5, 0.6) is 0 Å². The van der Waals surface area contributed by atoms with Crippen LogP contribution in [0.3, 0.4) is 0 Å². The molecule has 0 saturated heterocycles. The molecular weight excluding hydrogens is 247 g/mol. The minimum atomic E-state index is -0.926. The summed E-state index contributed by atoms with van der Waals surface area (Å²) in [4.78, 5) is 0. The van der Waals surface area contributed by atoms with Crippen LogP contribution in [0.15, 0.2) is 18.2 Å². The highest BCUT2D eigenvalue weighted by molar-refractivity contribution is 6.42. The molecule has 1 N–H and O–H groups in total. The first kappa shape index (κ1) is 13.8. The maximum atomic E-state index is 10.1. The normalized spacial score (nSPS) is 14.8. The lowest BCUT2D eigenvalue weighted by Crippen LogP contribution is -2.33. The van der Waals surface area contributed by atoms with E-state index in [1.165, 1.54) is 0 Å². The van der Waals surface area contributed by atoms with Crippen LogP contribution in [0.25, 0.3) is 0 Å². The van der Waals surface area contributed by atoms with Gasteiger partial charge >= 0.3 is 0 Å². The molecule has 16 heavy (non-hydrogen) atoms. The zero-order valence-corrected chi connectivity index (χ0v) is 11.0. The predicted molar refractivity (Wildman–Crippen MR) is 67.3 cm³/mol. The fraction of sp³-hybridized carbons (Fsp3) is 0.500. The number of benzene rings is 1. The van der Waals surface area contributed by atoms with Gasteiger partial charge in [0.05, 0.1) is 22.3 Å². The number of aliphatic hydroxyl groups is 1. The molecule has 0 saturated carbocycles. The van der Waals surface area contributed by atoms with Crippen LogP contribution in [-0.4, -0.2) is 23.9 Å². The van der Waals surface area contributed by atoms with Crippen molar-refractivity contribution in [1.29, 1.82) is 0 Å². The summed E-state index contributed by atoms with van der Waals surface area (Å²) in [5, 5.41) is 11.1. The molecule has 0 aliphatic rings. The molecule has 0 fully saturated rings. The highest BCUT2D eigenvalue weighted by Crippen LogP contribution is 2.28. The van der Waals surface area contributed by atoms with E-state index in [0.717, 1.165) is 5.56 Å². The van der Waals surface area contributed by atoms with Crippen LogP contribution in [0.4, 0.5) is 0 Å². The number of rotatable bonds is 5. The van der Waals surface area contributed by atoms with Crippen molar-refractivity contribution in [3.63, 3.8) is 0 Å². The first-order chi connectivity index (χ1) is 7.46. The Kier molecular flexibility index (Phi) is 5.06. The van der Waals surface area contributed by atoms with E-state index in [1.807, 2.05) is 19.1 Å². The fourth-order valence-electron chi connectivity index (χ4n) is 1.47. The highest BCUT2D eigenvalue weighted by atomic mass is 35.5. The Balaban J connectivity index is 2.75. The minimum absolute atomic E-state index is 0.284. The lowest BCUT2D eigenvalue weighted by molar-refractivity contribution is -0.0296. The smallest absolute Gasteiger partial charge is 0.0892 e. The molecule has 0 aliphatic heterocycles. The van der Waals surface area contributed by atoms with Crippen LogP contribution in [0, 0.1) is 0 Å². The second kappa shape index (κ2) is 5.87. The van der Waals surface area contributed by atoms with Gasteiger partial charge in [-0.1, -0.05) is 35.3 Å². The van der Waals surface area contributed by atoms with E-state index >= 15 is 0 Å². The summed E-state index contributed by atoms with van der Waals surface area (Å²) in [5.41, 5.74) is -0.0940. The molecule has 0 aromatic heterocycles. The Morgan fingerprint density at radius 2 is 2.06 bits per heavy atom. The first-order valence-corrected chi connectivity index (χ1v) is 5.95. The van der Waals surface area contributed by atoms with E-state index in [2.05, 4.69) is 0 Å². The van der Waals surface area contributed by atoms with Gasteiger partial charge in [0.2, 0.25) is 0 Å². The van der Waals surface area contributed by atoms with E-state index in [9.17, 15) is 5.11 Å². The van der Waals surface area contributed by atoms with Crippen LogP contribution in [-0.2, 0) is 11.2 Å². The van der Waals surface area contributed by atoms with Gasteiger partial charge in [0, 0.05) is 13.0 Å². The largest absolute Gasteiger partial charge is 0.387 e. The third kappa shape index (κ3) is 3.95. The Bertz CT molecular complexity index is 351. The second-order valence-corrected chi connectivity index (χ2v) is 4.81. The summed E-state index contributed by atoms with van der Waals surface area (Å²) in [5.74, 6) is 0. The van der Waals surface area contributed by atoms with Gasteiger partial charge < -0.3 is 9.84 Å². The topological polar surface area (TPSA) is 29.5 Å². The third-order valence-corrected chi connectivity index (χ3v) is 3.08. The zero-order chi connectivity index (χ0) is 12.2. The summed E-state index contributed by atoms with van der Waals surface area (Å²) in [7, 11) is 0. The maximum absolute atomic E-state index is 10.1. The van der Waals surface area contributed by atoms with E-state index in [4.69, 9.17) is 27.9 Å². The maximum Gasteiger partial charge on any atom is 0.0892 e. The number of halogens is 2. The highest BCUT2D eigenvalue weighted by Gasteiger charge is 2.22. The van der Waals surface area contributed by atoms with Gasteiger partial charge in [0.15, 0.2) is 0 Å². The summed E-state index contributed by atoms with van der Waals surface area (Å²) in [6.45, 7) is 4.48. The SMILES string of the molecule is CCOCC(C)(O)Cc1cccc(Cl)c1Cl. The molecule has 0 bridgehead atoms. The molecule has 1 atom stereocenters. The molecule has 1 unspecified atom stereocenters. The van der Waals surface area contributed by atoms with Crippen molar-refractivity contribution in [2.24, 2.45) is 0 Å². The molecule has 0 radical (unpaired) electrons. The summed E-state index contributed by atoms with van der Waals surface area (Å²) in [6.07, 6.45) is 0.423. The van der Waals surface area contributed by atoms with Crippen molar-refractivity contribution in [1.82, 2.24) is 0 Å². The van der Waals surface area contributed by atoms with Crippen molar-refractivity contribution in [2.75, 3.05) is 13.2 Å². The van der Waals surface area contributed by atoms with E-state index in [0.29, 0.717) is 23.1 Å². The predicted octanol–water partition coefficient (Wildman–Crippen LogP) is 3.32. The van der Waals surface area contributed by atoms with Crippen LogP contribution < -0.4 is 0 Å². The molecule has 0 amide bonds. The Morgan fingerprint density at radius 1 is 1.38 bits per heavy atom. The fourth-order valence-corrected chi connectivity index (χ4v) is 1.86. The van der Waals surface area contributed by atoms with Gasteiger partial charge in [-0.2, -0.15) is 0 Å². The molecule has 1 aromatic rings. The third-order valence-electron chi connectivity index (χ3n) is 2.22. The molecule has 0 spiro atoms.